The molecule has 0 fully saturated rings. The van der Waals surface area contributed by atoms with Crippen LogP contribution in [0.5, 0.6) is 5.75 Å². The van der Waals surface area contributed by atoms with Gasteiger partial charge in [-0.3, -0.25) is 9.79 Å². The van der Waals surface area contributed by atoms with Crippen LogP contribution >= 0.6 is 34.8 Å². The summed E-state index contributed by atoms with van der Waals surface area (Å²) >= 11 is 18.7. The number of aryl methyl sites for hydroxylation is 2. The number of nitrogens with zero attached hydrogens (tertiary/aromatic N) is 1. The molecule has 4 nitrogen and oxygen atoms in total. The van der Waals surface area contributed by atoms with Crippen molar-refractivity contribution in [1.82, 2.24) is 0 Å². The highest BCUT2D eigenvalue weighted by Crippen LogP contribution is 2.34. The van der Waals surface area contributed by atoms with Crippen molar-refractivity contribution in [3.05, 3.63) is 85.9 Å². The summed E-state index contributed by atoms with van der Waals surface area (Å²) in [7, 11) is 0. The van der Waals surface area contributed by atoms with Crippen LogP contribution in [0.1, 0.15) is 22.3 Å². The fourth-order valence-electron chi connectivity index (χ4n) is 2.82. The highest BCUT2D eigenvalue weighted by molar-refractivity contribution is 6.37. The number of halogens is 3. The Bertz CT molecular complexity index is 1140. The van der Waals surface area contributed by atoms with E-state index < -0.39 is 0 Å². The molecule has 1 N–H and O–H groups in total. The summed E-state index contributed by atoms with van der Waals surface area (Å²) in [4.78, 5) is 16.7. The molecule has 0 aromatic heterocycles. The van der Waals surface area contributed by atoms with E-state index >= 15 is 0 Å². The van der Waals surface area contributed by atoms with Gasteiger partial charge in [0.15, 0.2) is 12.4 Å². The van der Waals surface area contributed by atoms with E-state index in [2.05, 4.69) is 10.3 Å². The number of carbonyl (C=O) groups is 1. The Kier molecular flexibility index (Phi) is 7.60. The minimum absolute atomic E-state index is 0.240. The van der Waals surface area contributed by atoms with Crippen LogP contribution in [0.3, 0.4) is 0 Å². The van der Waals surface area contributed by atoms with Crippen molar-refractivity contribution in [3.8, 4) is 5.75 Å². The number of aliphatic imine (C=N–C) groups is 1. The predicted octanol–water partition coefficient (Wildman–Crippen LogP) is 7.34. The Balaban J connectivity index is 1.67. The van der Waals surface area contributed by atoms with Crippen molar-refractivity contribution < 1.29 is 9.53 Å². The second-order valence-corrected chi connectivity index (χ2v) is 8.31. The van der Waals surface area contributed by atoms with Crippen molar-refractivity contribution >= 4 is 58.3 Å². The highest BCUT2D eigenvalue weighted by atomic mass is 35.5. The zero-order chi connectivity index (χ0) is 22.5. The minimum atomic E-state index is -0.354. The van der Waals surface area contributed by atoms with Gasteiger partial charge in [-0.25, -0.2) is 0 Å². The quantitative estimate of drug-likeness (QED) is 0.379. The summed E-state index contributed by atoms with van der Waals surface area (Å²) in [5.41, 5.74) is 5.38. The van der Waals surface area contributed by atoms with Gasteiger partial charge in [0.1, 0.15) is 0 Å². The number of anilines is 1. The van der Waals surface area contributed by atoms with Crippen molar-refractivity contribution in [2.45, 2.75) is 20.8 Å². The van der Waals surface area contributed by atoms with Gasteiger partial charge in [0.05, 0.1) is 15.7 Å². The first-order valence-electron chi connectivity index (χ1n) is 9.52. The van der Waals surface area contributed by atoms with Crippen LogP contribution in [0.2, 0.25) is 15.1 Å². The standard InChI is InChI=1S/C24H21Cl3N2O2/c1-14-5-4-6-22(16(14)3)28-12-17-9-20(26)24(21(27)10-17)31-13-23(30)29-18-8-7-15(2)19(25)11-18/h4-12H,13H2,1-3H3,(H,29,30). The van der Waals surface area contributed by atoms with E-state index in [4.69, 9.17) is 39.5 Å². The highest BCUT2D eigenvalue weighted by Gasteiger charge is 2.12. The normalized spacial score (nSPS) is 11.0. The smallest absolute Gasteiger partial charge is 0.262 e. The second-order valence-electron chi connectivity index (χ2n) is 7.09. The molecule has 0 unspecified atom stereocenters. The van der Waals surface area contributed by atoms with Crippen molar-refractivity contribution in [1.29, 1.82) is 0 Å². The molecule has 3 rings (SSSR count). The van der Waals surface area contributed by atoms with Crippen molar-refractivity contribution in [2.24, 2.45) is 4.99 Å². The monoisotopic (exact) mass is 474 g/mol. The maximum atomic E-state index is 12.2. The van der Waals surface area contributed by atoms with Crippen LogP contribution in [0, 0.1) is 20.8 Å². The van der Waals surface area contributed by atoms with Gasteiger partial charge in [-0.05, 0) is 73.4 Å². The van der Waals surface area contributed by atoms with E-state index in [1.165, 1.54) is 5.56 Å². The topological polar surface area (TPSA) is 50.7 Å². The molecule has 0 spiro atoms. The van der Waals surface area contributed by atoms with Gasteiger partial charge in [-0.1, -0.05) is 53.0 Å². The average molecular weight is 476 g/mol. The zero-order valence-electron chi connectivity index (χ0n) is 17.3. The maximum absolute atomic E-state index is 12.2. The Morgan fingerprint density at radius 3 is 2.35 bits per heavy atom. The van der Waals surface area contributed by atoms with E-state index in [-0.39, 0.29) is 18.3 Å². The van der Waals surface area contributed by atoms with Crippen LogP contribution in [0.4, 0.5) is 11.4 Å². The fraction of sp³-hybridized carbons (Fsp3) is 0.167. The van der Waals surface area contributed by atoms with Crippen LogP contribution < -0.4 is 10.1 Å². The van der Waals surface area contributed by atoms with Gasteiger partial charge in [0.25, 0.3) is 5.91 Å². The summed E-state index contributed by atoms with van der Waals surface area (Å²) in [5, 5.41) is 3.88. The van der Waals surface area contributed by atoms with Crippen molar-refractivity contribution in [2.75, 3.05) is 11.9 Å². The summed E-state index contributed by atoms with van der Waals surface area (Å²) < 4.78 is 5.55. The van der Waals surface area contributed by atoms with Gasteiger partial charge in [0.2, 0.25) is 0 Å². The van der Waals surface area contributed by atoms with E-state index in [0.717, 1.165) is 22.4 Å². The largest absolute Gasteiger partial charge is 0.481 e. The number of amides is 1. The van der Waals surface area contributed by atoms with Gasteiger partial charge in [-0.2, -0.15) is 0 Å². The molecule has 7 heteroatoms. The molecular weight excluding hydrogens is 455 g/mol. The van der Waals surface area contributed by atoms with E-state index in [1.54, 1.807) is 30.5 Å². The summed E-state index contributed by atoms with van der Waals surface area (Å²) in [5.74, 6) is -0.114. The molecule has 31 heavy (non-hydrogen) atoms. The third-order valence-corrected chi connectivity index (χ3v) is 5.72. The molecular formula is C24H21Cl3N2O2. The third-order valence-electron chi connectivity index (χ3n) is 4.75. The van der Waals surface area contributed by atoms with Crippen LogP contribution in [0.15, 0.2) is 53.5 Å². The molecule has 0 aliphatic heterocycles. The van der Waals surface area contributed by atoms with E-state index in [0.29, 0.717) is 20.8 Å². The summed E-state index contributed by atoms with van der Waals surface area (Å²) in [6, 6.07) is 14.6. The molecule has 3 aromatic rings. The number of nitrogens with one attached hydrogen (secondary N) is 1. The molecule has 0 aliphatic rings. The van der Waals surface area contributed by atoms with E-state index in [1.807, 2.05) is 45.0 Å². The van der Waals surface area contributed by atoms with Gasteiger partial charge < -0.3 is 10.1 Å². The molecule has 3 aromatic carbocycles. The summed E-state index contributed by atoms with van der Waals surface area (Å²) in [6.07, 6.45) is 1.69. The van der Waals surface area contributed by atoms with Gasteiger partial charge >= 0.3 is 0 Å². The maximum Gasteiger partial charge on any atom is 0.262 e. The molecule has 0 aliphatic carbocycles. The molecule has 0 radical (unpaired) electrons. The van der Waals surface area contributed by atoms with E-state index in [9.17, 15) is 4.79 Å². The first-order valence-corrected chi connectivity index (χ1v) is 10.7. The number of benzene rings is 3. The number of carbonyl (C=O) groups excluding carboxylic acids is 1. The minimum Gasteiger partial charge on any atom is -0.481 e. The lowest BCUT2D eigenvalue weighted by atomic mass is 10.1. The molecule has 0 heterocycles. The van der Waals surface area contributed by atoms with Gasteiger partial charge in [0, 0.05) is 16.9 Å². The van der Waals surface area contributed by atoms with Crippen molar-refractivity contribution in [3.63, 3.8) is 0 Å². The molecule has 1 amide bonds. The lowest BCUT2D eigenvalue weighted by Gasteiger charge is -2.11. The number of rotatable bonds is 6. The number of hydrogen-bond acceptors (Lipinski definition) is 3. The Morgan fingerprint density at radius 2 is 1.68 bits per heavy atom. The van der Waals surface area contributed by atoms with Crippen LogP contribution in [0.25, 0.3) is 0 Å². The SMILES string of the molecule is Cc1ccc(NC(=O)COc2c(Cl)cc(C=Nc3cccc(C)c3C)cc2Cl)cc1Cl. The lowest BCUT2D eigenvalue weighted by Crippen LogP contribution is -2.20. The van der Waals surface area contributed by atoms with Crippen LogP contribution in [-0.4, -0.2) is 18.7 Å². The molecule has 0 saturated heterocycles. The van der Waals surface area contributed by atoms with Gasteiger partial charge in [-0.15, -0.1) is 0 Å². The Labute approximate surface area is 196 Å². The molecule has 160 valence electrons. The zero-order valence-corrected chi connectivity index (χ0v) is 19.6. The molecule has 0 atom stereocenters. The first kappa shape index (κ1) is 23.1. The average Bonchev–Trinajstić information content (AvgIpc) is 2.71. The second kappa shape index (κ2) is 10.2. The third kappa shape index (κ3) is 6.01. The number of hydrogen-bond donors (Lipinski definition) is 1. The Morgan fingerprint density at radius 1 is 0.968 bits per heavy atom. The molecule has 0 saturated carbocycles. The molecule has 0 bridgehead atoms. The Hall–Kier alpha value is -2.53. The predicted molar refractivity (Wildman–Crippen MR) is 130 cm³/mol. The number of ether oxygens (including phenoxy) is 1. The first-order chi connectivity index (χ1) is 14.7. The lowest BCUT2D eigenvalue weighted by molar-refractivity contribution is -0.118. The fourth-order valence-corrected chi connectivity index (χ4v) is 3.61. The van der Waals surface area contributed by atoms with Crippen LogP contribution in [-0.2, 0) is 4.79 Å². The summed E-state index contributed by atoms with van der Waals surface area (Å²) in [6.45, 7) is 5.70.